The summed E-state index contributed by atoms with van der Waals surface area (Å²) >= 11 is 0. The zero-order chi connectivity index (χ0) is 21.6. The summed E-state index contributed by atoms with van der Waals surface area (Å²) in [6, 6.07) is 3.56. The summed E-state index contributed by atoms with van der Waals surface area (Å²) in [5.41, 5.74) is 4.07. The van der Waals surface area contributed by atoms with Gasteiger partial charge < -0.3 is 19.5 Å². The van der Waals surface area contributed by atoms with E-state index in [9.17, 15) is 4.79 Å². The Morgan fingerprint density at radius 1 is 1.07 bits per heavy atom. The van der Waals surface area contributed by atoms with Gasteiger partial charge in [0.05, 0.1) is 39.1 Å². The summed E-state index contributed by atoms with van der Waals surface area (Å²) in [6.45, 7) is 9.62. The first-order valence-corrected chi connectivity index (χ1v) is 9.89. The highest BCUT2D eigenvalue weighted by atomic mass is 16.5. The average molecular weight is 404 g/mol. The molecule has 0 bridgehead atoms. The third-order valence-corrected chi connectivity index (χ3v) is 4.95. The second-order valence-corrected chi connectivity index (χ2v) is 7.51. The number of benzene rings is 1. The third kappa shape index (κ3) is 5.65. The van der Waals surface area contributed by atoms with E-state index in [-0.39, 0.29) is 5.91 Å². The van der Waals surface area contributed by atoms with Gasteiger partial charge in [0, 0.05) is 30.8 Å². The second kappa shape index (κ2) is 10.2. The van der Waals surface area contributed by atoms with Crippen molar-refractivity contribution in [2.75, 3.05) is 21.3 Å². The Bertz CT molecular complexity index is 818. The smallest absolute Gasteiger partial charge is 0.220 e. The van der Waals surface area contributed by atoms with Gasteiger partial charge in [-0.25, -0.2) is 0 Å². The molecule has 0 radical (unpaired) electrons. The van der Waals surface area contributed by atoms with Gasteiger partial charge in [0.1, 0.15) is 17.2 Å². The number of hydrogen-bond donors (Lipinski definition) is 1. The van der Waals surface area contributed by atoms with E-state index in [0.717, 1.165) is 29.1 Å². The van der Waals surface area contributed by atoms with Gasteiger partial charge in [-0.2, -0.15) is 5.10 Å². The topological polar surface area (TPSA) is 74.6 Å². The van der Waals surface area contributed by atoms with Crippen LogP contribution in [0.25, 0.3) is 0 Å². The number of amides is 1. The molecule has 1 aromatic heterocycles. The van der Waals surface area contributed by atoms with E-state index in [1.807, 2.05) is 11.6 Å². The Balaban J connectivity index is 2.02. The van der Waals surface area contributed by atoms with Crippen LogP contribution in [-0.2, 0) is 24.3 Å². The normalized spacial score (nSPS) is 10.9. The number of methoxy groups -OCH3 is 3. The van der Waals surface area contributed by atoms with E-state index in [1.54, 1.807) is 33.5 Å². The average Bonchev–Trinajstić information content (AvgIpc) is 2.95. The highest BCUT2D eigenvalue weighted by Gasteiger charge is 2.16. The monoisotopic (exact) mass is 403 g/mol. The maximum atomic E-state index is 12.5. The summed E-state index contributed by atoms with van der Waals surface area (Å²) in [5, 5.41) is 7.59. The van der Waals surface area contributed by atoms with Gasteiger partial charge >= 0.3 is 0 Å². The molecule has 2 aromatic rings. The van der Waals surface area contributed by atoms with Crippen LogP contribution in [0.1, 0.15) is 42.8 Å². The Kier molecular flexibility index (Phi) is 7.93. The number of carbonyl (C=O) groups is 1. The number of nitrogens with one attached hydrogen (secondary N) is 1. The minimum Gasteiger partial charge on any atom is -0.496 e. The molecule has 0 aliphatic carbocycles. The summed E-state index contributed by atoms with van der Waals surface area (Å²) < 4.78 is 18.2. The van der Waals surface area contributed by atoms with E-state index in [0.29, 0.717) is 42.6 Å². The van der Waals surface area contributed by atoms with Gasteiger partial charge in [0.25, 0.3) is 0 Å². The predicted octanol–water partition coefficient (Wildman–Crippen LogP) is 3.43. The van der Waals surface area contributed by atoms with E-state index in [2.05, 4.69) is 31.2 Å². The van der Waals surface area contributed by atoms with E-state index >= 15 is 0 Å². The van der Waals surface area contributed by atoms with Gasteiger partial charge in [-0.05, 0) is 31.7 Å². The largest absolute Gasteiger partial charge is 0.496 e. The summed E-state index contributed by atoms with van der Waals surface area (Å²) in [6.07, 6.45) is 1.06. The number of aromatic nitrogens is 2. The molecule has 0 atom stereocenters. The molecule has 0 fully saturated rings. The Morgan fingerprint density at radius 3 is 2.21 bits per heavy atom. The van der Waals surface area contributed by atoms with E-state index < -0.39 is 0 Å². The molecule has 1 aromatic carbocycles. The molecule has 2 rings (SSSR count). The third-order valence-electron chi connectivity index (χ3n) is 4.95. The quantitative estimate of drug-likeness (QED) is 0.658. The fourth-order valence-corrected chi connectivity index (χ4v) is 3.39. The lowest BCUT2D eigenvalue weighted by Gasteiger charge is -2.15. The lowest BCUT2D eigenvalue weighted by molar-refractivity contribution is -0.121. The first kappa shape index (κ1) is 22.6. The Labute approximate surface area is 173 Å². The maximum Gasteiger partial charge on any atom is 0.220 e. The molecule has 1 N–H and O–H groups in total. The molecule has 1 heterocycles. The molecule has 160 valence electrons. The van der Waals surface area contributed by atoms with Crippen molar-refractivity contribution in [2.45, 2.75) is 53.6 Å². The van der Waals surface area contributed by atoms with Crippen LogP contribution in [0.5, 0.6) is 17.2 Å². The molecule has 0 aliphatic rings. The predicted molar refractivity (Wildman–Crippen MR) is 113 cm³/mol. The summed E-state index contributed by atoms with van der Waals surface area (Å²) in [5.74, 6) is 2.36. The van der Waals surface area contributed by atoms with Crippen LogP contribution >= 0.6 is 0 Å². The first-order valence-electron chi connectivity index (χ1n) is 9.89. The fourth-order valence-electron chi connectivity index (χ4n) is 3.39. The number of ether oxygens (including phenoxy) is 3. The van der Waals surface area contributed by atoms with Crippen molar-refractivity contribution in [2.24, 2.45) is 5.92 Å². The highest BCUT2D eigenvalue weighted by molar-refractivity contribution is 5.76. The van der Waals surface area contributed by atoms with Crippen LogP contribution in [0.4, 0.5) is 0 Å². The molecule has 29 heavy (non-hydrogen) atoms. The van der Waals surface area contributed by atoms with Crippen LogP contribution in [0.2, 0.25) is 0 Å². The van der Waals surface area contributed by atoms with Crippen molar-refractivity contribution in [1.82, 2.24) is 15.1 Å². The maximum absolute atomic E-state index is 12.5. The summed E-state index contributed by atoms with van der Waals surface area (Å²) in [4.78, 5) is 12.5. The Hall–Kier alpha value is -2.70. The molecule has 7 heteroatoms. The molecule has 0 unspecified atom stereocenters. The molecular formula is C22H33N3O4. The standard InChI is InChI=1S/C22H33N3O4/c1-14(2)13-25-16(4)18(15(3)24-25)8-9-22(26)23-12-19-20(28-6)10-17(27-5)11-21(19)29-7/h10-11,14H,8-9,12-13H2,1-7H3,(H,23,26). The second-order valence-electron chi connectivity index (χ2n) is 7.51. The highest BCUT2D eigenvalue weighted by Crippen LogP contribution is 2.33. The lowest BCUT2D eigenvalue weighted by Crippen LogP contribution is -2.23. The molecule has 0 saturated carbocycles. The van der Waals surface area contributed by atoms with Crippen LogP contribution in [-0.4, -0.2) is 37.0 Å². The minimum absolute atomic E-state index is 0.0275. The van der Waals surface area contributed by atoms with Crippen molar-refractivity contribution < 1.29 is 19.0 Å². The minimum atomic E-state index is -0.0275. The van der Waals surface area contributed by atoms with E-state index in [1.165, 1.54) is 0 Å². The van der Waals surface area contributed by atoms with Crippen LogP contribution in [0, 0.1) is 19.8 Å². The first-order chi connectivity index (χ1) is 13.8. The number of carbonyl (C=O) groups excluding carboxylic acids is 1. The van der Waals surface area contributed by atoms with Crippen molar-refractivity contribution in [3.05, 3.63) is 34.6 Å². The number of aryl methyl sites for hydroxylation is 1. The SMILES string of the molecule is COc1cc(OC)c(CNC(=O)CCc2c(C)nn(CC(C)C)c2C)c(OC)c1. The van der Waals surface area contributed by atoms with Crippen LogP contribution < -0.4 is 19.5 Å². The zero-order valence-corrected chi connectivity index (χ0v) is 18.6. The molecule has 1 amide bonds. The lowest BCUT2D eigenvalue weighted by atomic mass is 10.1. The zero-order valence-electron chi connectivity index (χ0n) is 18.6. The van der Waals surface area contributed by atoms with Crippen molar-refractivity contribution >= 4 is 5.91 Å². The van der Waals surface area contributed by atoms with Gasteiger partial charge in [-0.1, -0.05) is 13.8 Å². The van der Waals surface area contributed by atoms with Crippen LogP contribution in [0.3, 0.4) is 0 Å². The molecule has 7 nitrogen and oxygen atoms in total. The van der Waals surface area contributed by atoms with Crippen molar-refractivity contribution in [3.63, 3.8) is 0 Å². The van der Waals surface area contributed by atoms with Crippen LogP contribution in [0.15, 0.2) is 12.1 Å². The molecule has 0 aliphatic heterocycles. The number of rotatable bonds is 10. The Morgan fingerprint density at radius 2 is 1.69 bits per heavy atom. The fraction of sp³-hybridized carbons (Fsp3) is 0.545. The molecular weight excluding hydrogens is 370 g/mol. The van der Waals surface area contributed by atoms with Crippen molar-refractivity contribution in [1.29, 1.82) is 0 Å². The van der Waals surface area contributed by atoms with Gasteiger partial charge in [0.15, 0.2) is 0 Å². The van der Waals surface area contributed by atoms with Gasteiger partial charge in [-0.3, -0.25) is 9.48 Å². The van der Waals surface area contributed by atoms with Gasteiger partial charge in [0.2, 0.25) is 5.91 Å². The molecule has 0 saturated heterocycles. The van der Waals surface area contributed by atoms with Gasteiger partial charge in [-0.15, -0.1) is 0 Å². The molecule has 0 spiro atoms. The number of nitrogens with zero attached hydrogens (tertiary/aromatic N) is 2. The number of hydrogen-bond acceptors (Lipinski definition) is 5. The summed E-state index contributed by atoms with van der Waals surface area (Å²) in [7, 11) is 4.75. The van der Waals surface area contributed by atoms with Crippen molar-refractivity contribution in [3.8, 4) is 17.2 Å². The van der Waals surface area contributed by atoms with E-state index in [4.69, 9.17) is 14.2 Å².